The summed E-state index contributed by atoms with van der Waals surface area (Å²) in [6.45, 7) is 5.04. The Labute approximate surface area is 165 Å². The molecule has 7 nitrogen and oxygen atoms in total. The standard InChI is InChI=1S/C19H26BN3O4S/c1-13(2)10-28(25,26)23-7-4-18(5-8-23)11-19(12-18)16-14-3-6-21-17(14)22-9-15(16)20(24)27-19/h3,6,9,13,24H,4-5,7-8,10-12H2,1-2H3,(H,21,22). The minimum absolute atomic E-state index is 0.0943. The van der Waals surface area contributed by atoms with Gasteiger partial charge >= 0.3 is 7.12 Å². The van der Waals surface area contributed by atoms with E-state index >= 15 is 0 Å². The molecule has 0 amide bonds. The van der Waals surface area contributed by atoms with Gasteiger partial charge in [0.15, 0.2) is 0 Å². The number of hydrogen-bond acceptors (Lipinski definition) is 5. The quantitative estimate of drug-likeness (QED) is 0.755. The molecule has 2 aliphatic heterocycles. The molecule has 0 atom stereocenters. The van der Waals surface area contributed by atoms with E-state index in [4.69, 9.17) is 4.65 Å². The highest BCUT2D eigenvalue weighted by Crippen LogP contribution is 2.63. The van der Waals surface area contributed by atoms with Crippen LogP contribution in [0.2, 0.25) is 0 Å². The van der Waals surface area contributed by atoms with Crippen LogP contribution in [0.25, 0.3) is 11.0 Å². The Balaban J connectivity index is 1.36. The average molecular weight is 403 g/mol. The summed E-state index contributed by atoms with van der Waals surface area (Å²) in [6, 6.07) is 2.00. The second-order valence-corrected chi connectivity index (χ2v) is 11.2. The van der Waals surface area contributed by atoms with E-state index in [0.29, 0.717) is 13.1 Å². The maximum absolute atomic E-state index is 12.5. The van der Waals surface area contributed by atoms with Gasteiger partial charge in [-0.1, -0.05) is 13.8 Å². The number of hydrogen-bond donors (Lipinski definition) is 2. The molecule has 2 aromatic rings. The van der Waals surface area contributed by atoms with E-state index in [-0.39, 0.29) is 17.1 Å². The van der Waals surface area contributed by atoms with Gasteiger partial charge in [0, 0.05) is 36.3 Å². The Kier molecular flexibility index (Phi) is 4.02. The molecular weight excluding hydrogens is 377 g/mol. The molecule has 9 heteroatoms. The predicted octanol–water partition coefficient (Wildman–Crippen LogP) is 1.34. The molecule has 0 bridgehead atoms. The molecule has 1 aliphatic carbocycles. The summed E-state index contributed by atoms with van der Waals surface area (Å²) >= 11 is 0. The van der Waals surface area contributed by atoms with Crippen molar-refractivity contribution in [2.45, 2.75) is 45.1 Å². The highest BCUT2D eigenvalue weighted by Gasteiger charge is 2.62. The zero-order valence-electron chi connectivity index (χ0n) is 16.3. The van der Waals surface area contributed by atoms with Crippen molar-refractivity contribution in [3.8, 4) is 0 Å². The normalized spacial score (nSPS) is 23.6. The molecule has 1 saturated carbocycles. The maximum Gasteiger partial charge on any atom is 0.493 e. The monoisotopic (exact) mass is 403 g/mol. The third-order valence-corrected chi connectivity index (χ3v) is 8.96. The van der Waals surface area contributed by atoms with Crippen molar-refractivity contribution in [3.05, 3.63) is 24.0 Å². The lowest BCUT2D eigenvalue weighted by molar-refractivity contribution is -0.133. The second-order valence-electron chi connectivity index (χ2n) is 9.22. The van der Waals surface area contributed by atoms with Crippen molar-refractivity contribution < 1.29 is 18.1 Å². The first-order valence-electron chi connectivity index (χ1n) is 10.0. The molecule has 150 valence electrons. The van der Waals surface area contributed by atoms with Gasteiger partial charge in [-0.25, -0.2) is 17.7 Å². The molecule has 28 heavy (non-hydrogen) atoms. The fourth-order valence-electron chi connectivity index (χ4n) is 5.59. The van der Waals surface area contributed by atoms with Gasteiger partial charge in [0.05, 0.1) is 11.4 Å². The maximum atomic E-state index is 12.5. The molecule has 0 radical (unpaired) electrons. The minimum atomic E-state index is -3.17. The zero-order valence-corrected chi connectivity index (χ0v) is 17.1. The summed E-state index contributed by atoms with van der Waals surface area (Å²) in [5.74, 6) is 0.348. The molecule has 5 rings (SSSR count). The molecule has 0 aromatic carbocycles. The zero-order chi connectivity index (χ0) is 19.7. The first-order chi connectivity index (χ1) is 13.2. The van der Waals surface area contributed by atoms with Gasteiger partial charge < -0.3 is 14.7 Å². The van der Waals surface area contributed by atoms with E-state index in [2.05, 4.69) is 9.97 Å². The van der Waals surface area contributed by atoms with Crippen LogP contribution in [0.5, 0.6) is 0 Å². The van der Waals surface area contributed by atoms with Gasteiger partial charge in [-0.05, 0) is 48.6 Å². The van der Waals surface area contributed by atoms with E-state index < -0.39 is 22.7 Å². The van der Waals surface area contributed by atoms with Gasteiger partial charge in [-0.3, -0.25) is 0 Å². The molecule has 1 saturated heterocycles. The summed E-state index contributed by atoms with van der Waals surface area (Å²) in [5, 5.41) is 11.5. The number of fused-ring (bicyclic) bond motifs is 4. The van der Waals surface area contributed by atoms with Crippen LogP contribution >= 0.6 is 0 Å². The Morgan fingerprint density at radius 3 is 2.75 bits per heavy atom. The average Bonchev–Trinajstić information content (AvgIpc) is 3.16. The van der Waals surface area contributed by atoms with E-state index in [1.807, 2.05) is 26.1 Å². The summed E-state index contributed by atoms with van der Waals surface area (Å²) < 4.78 is 32.8. The summed E-state index contributed by atoms with van der Waals surface area (Å²) in [4.78, 5) is 7.52. The van der Waals surface area contributed by atoms with Gasteiger partial charge in [-0.2, -0.15) is 0 Å². The lowest BCUT2D eigenvalue weighted by Gasteiger charge is -2.58. The van der Waals surface area contributed by atoms with Crippen LogP contribution in [0, 0.1) is 11.3 Å². The van der Waals surface area contributed by atoms with Gasteiger partial charge in [-0.15, -0.1) is 0 Å². The minimum Gasteiger partial charge on any atom is -0.423 e. The number of H-pyrrole nitrogens is 1. The number of aromatic amines is 1. The van der Waals surface area contributed by atoms with Crippen LogP contribution in [0.4, 0.5) is 0 Å². The number of aromatic nitrogens is 2. The van der Waals surface area contributed by atoms with E-state index in [1.54, 1.807) is 10.5 Å². The number of pyridine rings is 1. The fraction of sp³-hybridized carbons (Fsp3) is 0.632. The van der Waals surface area contributed by atoms with Crippen LogP contribution < -0.4 is 5.46 Å². The molecule has 0 unspecified atom stereocenters. The van der Waals surface area contributed by atoms with Crippen LogP contribution in [0.15, 0.2) is 18.5 Å². The Hall–Kier alpha value is -1.42. The molecule has 2 fully saturated rings. The van der Waals surface area contributed by atoms with Crippen molar-refractivity contribution in [3.63, 3.8) is 0 Å². The van der Waals surface area contributed by atoms with Crippen molar-refractivity contribution in [2.75, 3.05) is 18.8 Å². The van der Waals surface area contributed by atoms with Crippen LogP contribution in [0.3, 0.4) is 0 Å². The lowest BCUT2D eigenvalue weighted by atomic mass is 9.53. The Morgan fingerprint density at radius 1 is 1.36 bits per heavy atom. The van der Waals surface area contributed by atoms with Crippen LogP contribution in [-0.2, 0) is 20.3 Å². The molecule has 4 heterocycles. The smallest absolute Gasteiger partial charge is 0.423 e. The Morgan fingerprint density at radius 2 is 2.07 bits per heavy atom. The molecule has 2 N–H and O–H groups in total. The first-order valence-corrected chi connectivity index (χ1v) is 11.6. The third kappa shape index (κ3) is 2.67. The summed E-state index contributed by atoms with van der Waals surface area (Å²) in [5.41, 5.74) is 2.26. The van der Waals surface area contributed by atoms with E-state index in [1.165, 1.54) is 0 Å². The van der Waals surface area contributed by atoms with E-state index in [9.17, 15) is 13.4 Å². The third-order valence-electron chi connectivity index (χ3n) is 6.72. The molecule has 3 aliphatic rings. The van der Waals surface area contributed by atoms with Crippen molar-refractivity contribution >= 4 is 33.6 Å². The van der Waals surface area contributed by atoms with Gasteiger partial charge in [0.25, 0.3) is 0 Å². The molecular formula is C19H26BN3O4S. The number of piperidine rings is 1. The molecule has 2 spiro atoms. The van der Waals surface area contributed by atoms with Crippen molar-refractivity contribution in [1.82, 2.24) is 14.3 Å². The van der Waals surface area contributed by atoms with Crippen LogP contribution in [0.1, 0.15) is 45.1 Å². The summed E-state index contributed by atoms with van der Waals surface area (Å²) in [7, 11) is -4.11. The van der Waals surface area contributed by atoms with Gasteiger partial charge in [0.1, 0.15) is 5.65 Å². The lowest BCUT2D eigenvalue weighted by Crippen LogP contribution is -2.56. The second kappa shape index (κ2) is 6.04. The fourth-order valence-corrected chi connectivity index (χ4v) is 7.39. The number of sulfonamides is 1. The highest BCUT2D eigenvalue weighted by molar-refractivity contribution is 7.89. The van der Waals surface area contributed by atoms with Gasteiger partial charge in [0.2, 0.25) is 10.0 Å². The Bertz CT molecular complexity index is 1020. The van der Waals surface area contributed by atoms with Crippen LogP contribution in [-0.4, -0.2) is 53.7 Å². The van der Waals surface area contributed by atoms with E-state index in [0.717, 1.165) is 47.7 Å². The largest absolute Gasteiger partial charge is 0.493 e. The number of nitrogens with zero attached hydrogens (tertiary/aromatic N) is 2. The molecule has 2 aromatic heterocycles. The number of rotatable bonds is 3. The van der Waals surface area contributed by atoms with Crippen molar-refractivity contribution in [1.29, 1.82) is 0 Å². The highest BCUT2D eigenvalue weighted by atomic mass is 32.2. The van der Waals surface area contributed by atoms with Crippen molar-refractivity contribution in [2.24, 2.45) is 11.3 Å². The first kappa shape index (κ1) is 18.6. The SMILES string of the molecule is CC(C)CS(=O)(=O)N1CCC2(CC1)CC1(C2)OB(O)c2cnc3[nH]ccc3c21. The summed E-state index contributed by atoms with van der Waals surface area (Å²) in [6.07, 6.45) is 6.92. The number of nitrogens with one attached hydrogen (secondary N) is 1. The topological polar surface area (TPSA) is 95.5 Å². The predicted molar refractivity (Wildman–Crippen MR) is 108 cm³/mol.